The molecule has 1 aromatic carbocycles. The number of piperidine rings is 1. The summed E-state index contributed by atoms with van der Waals surface area (Å²) in [7, 11) is 3.58. The molecule has 2 rings (SSSR count). The van der Waals surface area contributed by atoms with Gasteiger partial charge in [-0.25, -0.2) is 0 Å². The lowest BCUT2D eigenvalue weighted by molar-refractivity contribution is 0.00989. The fraction of sp³-hybridized carbons (Fsp3) is 0.632. The maximum absolute atomic E-state index is 5.93. The Morgan fingerprint density at radius 3 is 2.50 bits per heavy atom. The Labute approximate surface area is 179 Å². The lowest BCUT2D eigenvalue weighted by atomic mass is 10.1. The normalized spacial score (nSPS) is 15.7. The second kappa shape index (κ2) is 13.6. The first-order valence-electron chi connectivity index (χ1n) is 8.96. The molecule has 0 saturated carbocycles. The second-order valence-corrected chi connectivity index (χ2v) is 7.03. The number of likely N-dealkylation sites (tertiary alicyclic amines) is 1. The first-order chi connectivity index (χ1) is 12.3. The topological polar surface area (TPSA) is 46.1 Å². The molecule has 0 radical (unpaired) electrons. The summed E-state index contributed by atoms with van der Waals surface area (Å²) in [5, 5.41) is 3.48. The van der Waals surface area contributed by atoms with E-state index in [4.69, 9.17) is 9.47 Å². The smallest absolute Gasteiger partial charge is 0.193 e. The number of thioether (sulfide) groups is 1. The Hall–Kier alpha value is -0.510. The van der Waals surface area contributed by atoms with E-state index >= 15 is 0 Å². The van der Waals surface area contributed by atoms with Gasteiger partial charge in [0, 0.05) is 51.9 Å². The first kappa shape index (κ1) is 23.5. The standard InChI is InChI=1S/C19H31N3O2S.HI/c1-20-19(21-15-16-5-7-18(25-3)8-6-16)22-11-9-17(10-12-22)24-14-4-13-23-2;/h5-8,17H,4,9-15H2,1-3H3,(H,20,21);1H. The average Bonchev–Trinajstić information content (AvgIpc) is 2.67. The van der Waals surface area contributed by atoms with Gasteiger partial charge in [0.05, 0.1) is 6.10 Å². The highest BCUT2D eigenvalue weighted by Crippen LogP contribution is 2.16. The van der Waals surface area contributed by atoms with Gasteiger partial charge in [-0.15, -0.1) is 35.7 Å². The van der Waals surface area contributed by atoms with Crippen LogP contribution in [0.5, 0.6) is 0 Å². The van der Waals surface area contributed by atoms with Gasteiger partial charge in [0.25, 0.3) is 0 Å². The molecule has 26 heavy (non-hydrogen) atoms. The molecule has 1 N–H and O–H groups in total. The minimum Gasteiger partial charge on any atom is -0.385 e. The van der Waals surface area contributed by atoms with Crippen LogP contribution in [-0.2, 0) is 16.0 Å². The number of hydrogen-bond acceptors (Lipinski definition) is 4. The van der Waals surface area contributed by atoms with E-state index in [0.717, 1.165) is 58.1 Å². The summed E-state index contributed by atoms with van der Waals surface area (Å²) >= 11 is 1.77. The lowest BCUT2D eigenvalue weighted by Crippen LogP contribution is -2.46. The van der Waals surface area contributed by atoms with Crippen molar-refractivity contribution in [3.05, 3.63) is 29.8 Å². The van der Waals surface area contributed by atoms with Gasteiger partial charge in [0.1, 0.15) is 0 Å². The number of hydrogen-bond donors (Lipinski definition) is 1. The van der Waals surface area contributed by atoms with Crippen LogP contribution in [0.4, 0.5) is 0 Å². The molecule has 148 valence electrons. The summed E-state index contributed by atoms with van der Waals surface area (Å²) in [6.07, 6.45) is 5.53. The third kappa shape index (κ3) is 8.02. The van der Waals surface area contributed by atoms with Gasteiger partial charge in [0.2, 0.25) is 0 Å². The fourth-order valence-electron chi connectivity index (χ4n) is 2.94. The van der Waals surface area contributed by atoms with Crippen molar-refractivity contribution in [2.45, 2.75) is 36.8 Å². The van der Waals surface area contributed by atoms with Crippen molar-refractivity contribution in [1.82, 2.24) is 10.2 Å². The molecule has 0 aromatic heterocycles. The minimum atomic E-state index is 0. The van der Waals surface area contributed by atoms with Crippen molar-refractivity contribution in [3.8, 4) is 0 Å². The number of benzene rings is 1. The zero-order valence-corrected chi connectivity index (χ0v) is 19.2. The van der Waals surface area contributed by atoms with E-state index in [2.05, 4.69) is 45.7 Å². The summed E-state index contributed by atoms with van der Waals surface area (Å²) in [4.78, 5) is 8.06. The van der Waals surface area contributed by atoms with Crippen LogP contribution in [0.2, 0.25) is 0 Å². The van der Waals surface area contributed by atoms with E-state index in [1.54, 1.807) is 18.9 Å². The van der Waals surface area contributed by atoms with Crippen LogP contribution in [0, 0.1) is 0 Å². The monoisotopic (exact) mass is 493 g/mol. The van der Waals surface area contributed by atoms with Gasteiger partial charge in [0.15, 0.2) is 5.96 Å². The average molecular weight is 493 g/mol. The van der Waals surface area contributed by atoms with Crippen molar-refractivity contribution in [2.75, 3.05) is 46.7 Å². The van der Waals surface area contributed by atoms with Crippen LogP contribution in [-0.4, -0.2) is 63.7 Å². The number of nitrogens with one attached hydrogen (secondary N) is 1. The molecule has 0 amide bonds. The molecule has 1 aromatic rings. The van der Waals surface area contributed by atoms with E-state index < -0.39 is 0 Å². The molecule has 0 aliphatic carbocycles. The molecule has 0 atom stereocenters. The molecule has 5 nitrogen and oxygen atoms in total. The highest BCUT2D eigenvalue weighted by Gasteiger charge is 2.21. The third-order valence-electron chi connectivity index (χ3n) is 4.41. The molecule has 1 fully saturated rings. The van der Waals surface area contributed by atoms with Gasteiger partial charge >= 0.3 is 0 Å². The predicted octanol–water partition coefficient (Wildman–Crippen LogP) is 3.62. The summed E-state index contributed by atoms with van der Waals surface area (Å²) in [5.41, 5.74) is 1.27. The molecule has 0 unspecified atom stereocenters. The van der Waals surface area contributed by atoms with Crippen LogP contribution >= 0.6 is 35.7 Å². The number of guanidine groups is 1. The Balaban J connectivity index is 0.00000338. The number of methoxy groups -OCH3 is 1. The van der Waals surface area contributed by atoms with Gasteiger partial charge in [-0.05, 0) is 43.2 Å². The molecular weight excluding hydrogens is 461 g/mol. The van der Waals surface area contributed by atoms with Crippen molar-refractivity contribution in [3.63, 3.8) is 0 Å². The SMILES string of the molecule is CN=C(NCc1ccc(SC)cc1)N1CCC(OCCCOC)CC1.I. The Morgan fingerprint density at radius 2 is 1.92 bits per heavy atom. The quantitative estimate of drug-likeness (QED) is 0.197. The lowest BCUT2D eigenvalue weighted by Gasteiger charge is -2.34. The summed E-state index contributed by atoms with van der Waals surface area (Å²) < 4.78 is 11.0. The molecule has 1 saturated heterocycles. The van der Waals surface area contributed by atoms with E-state index in [1.165, 1.54) is 10.5 Å². The number of halogens is 1. The Kier molecular flexibility index (Phi) is 12.3. The Bertz CT molecular complexity index is 520. The van der Waals surface area contributed by atoms with E-state index in [-0.39, 0.29) is 24.0 Å². The van der Waals surface area contributed by atoms with Crippen LogP contribution < -0.4 is 5.32 Å². The van der Waals surface area contributed by atoms with Gasteiger partial charge in [-0.2, -0.15) is 0 Å². The predicted molar refractivity (Wildman–Crippen MR) is 121 cm³/mol. The van der Waals surface area contributed by atoms with Gasteiger partial charge in [-0.3, -0.25) is 4.99 Å². The van der Waals surface area contributed by atoms with Crippen LogP contribution in [0.1, 0.15) is 24.8 Å². The summed E-state index contributed by atoms with van der Waals surface area (Å²) in [5.74, 6) is 0.978. The van der Waals surface area contributed by atoms with Crippen molar-refractivity contribution in [2.24, 2.45) is 4.99 Å². The van der Waals surface area contributed by atoms with Crippen LogP contribution in [0.15, 0.2) is 34.2 Å². The molecule has 1 aliphatic heterocycles. The van der Waals surface area contributed by atoms with E-state index in [9.17, 15) is 0 Å². The summed E-state index contributed by atoms with van der Waals surface area (Å²) in [6.45, 7) is 4.33. The van der Waals surface area contributed by atoms with Crippen molar-refractivity contribution < 1.29 is 9.47 Å². The van der Waals surface area contributed by atoms with Crippen LogP contribution in [0.25, 0.3) is 0 Å². The second-order valence-electron chi connectivity index (χ2n) is 6.15. The largest absolute Gasteiger partial charge is 0.385 e. The highest BCUT2D eigenvalue weighted by molar-refractivity contribution is 14.0. The maximum atomic E-state index is 5.93. The molecule has 1 aliphatic rings. The fourth-order valence-corrected chi connectivity index (χ4v) is 3.35. The van der Waals surface area contributed by atoms with E-state index in [1.807, 2.05) is 7.05 Å². The molecule has 7 heteroatoms. The highest BCUT2D eigenvalue weighted by atomic mass is 127. The molecule has 0 spiro atoms. The zero-order chi connectivity index (χ0) is 17.9. The Morgan fingerprint density at radius 1 is 1.23 bits per heavy atom. The van der Waals surface area contributed by atoms with Gasteiger partial charge < -0.3 is 19.7 Å². The maximum Gasteiger partial charge on any atom is 0.193 e. The van der Waals surface area contributed by atoms with Gasteiger partial charge in [-0.1, -0.05) is 12.1 Å². The van der Waals surface area contributed by atoms with Crippen molar-refractivity contribution >= 4 is 41.7 Å². The number of nitrogens with zero attached hydrogens (tertiary/aromatic N) is 2. The number of rotatable bonds is 8. The molecule has 0 bridgehead atoms. The first-order valence-corrected chi connectivity index (χ1v) is 10.2. The third-order valence-corrected chi connectivity index (χ3v) is 5.15. The molecule has 1 heterocycles. The number of aliphatic imine (C=N–C) groups is 1. The zero-order valence-electron chi connectivity index (χ0n) is 16.1. The van der Waals surface area contributed by atoms with Crippen LogP contribution in [0.3, 0.4) is 0 Å². The molecular formula is C19H32IN3O2S. The van der Waals surface area contributed by atoms with Crippen molar-refractivity contribution in [1.29, 1.82) is 0 Å². The van der Waals surface area contributed by atoms with E-state index in [0.29, 0.717) is 6.10 Å². The summed E-state index contributed by atoms with van der Waals surface area (Å²) in [6, 6.07) is 8.67. The number of ether oxygens (including phenoxy) is 2. The minimum absolute atomic E-state index is 0.